The van der Waals surface area contributed by atoms with Crippen LogP contribution in [0, 0.1) is 5.92 Å². The van der Waals surface area contributed by atoms with Gasteiger partial charge in [-0.05, 0) is 12.8 Å². The molecule has 0 aromatic carbocycles. The summed E-state index contributed by atoms with van der Waals surface area (Å²) in [5, 5.41) is 13.9. The number of carbonyl (C=O) groups excluding carboxylic acids is 1. The molecule has 0 aliphatic rings. The molecule has 15 heavy (non-hydrogen) atoms. The minimum absolute atomic E-state index is 0.221. The van der Waals surface area contributed by atoms with Crippen molar-refractivity contribution in [2.75, 3.05) is 13.1 Å². The van der Waals surface area contributed by atoms with E-state index < -0.39 is 11.9 Å². The van der Waals surface area contributed by atoms with Gasteiger partial charge in [0.25, 0.3) is 0 Å². The van der Waals surface area contributed by atoms with Crippen molar-refractivity contribution in [2.45, 2.75) is 33.1 Å². The number of carbonyl (C=O) groups is 2. The summed E-state index contributed by atoms with van der Waals surface area (Å²) in [5.41, 5.74) is 0. The third-order valence-corrected chi connectivity index (χ3v) is 2.10. The lowest BCUT2D eigenvalue weighted by Crippen LogP contribution is -2.37. The normalized spacial score (nSPS) is 11.9. The van der Waals surface area contributed by atoms with Gasteiger partial charge in [-0.25, -0.2) is 4.79 Å². The van der Waals surface area contributed by atoms with Crippen LogP contribution in [0.4, 0.5) is 4.79 Å². The van der Waals surface area contributed by atoms with Crippen molar-refractivity contribution in [1.29, 1.82) is 0 Å². The Bertz CT molecular complexity index is 207. The second kappa shape index (κ2) is 8.08. The molecule has 1 atom stereocenters. The fourth-order valence-electron chi connectivity index (χ4n) is 0.967. The van der Waals surface area contributed by atoms with Gasteiger partial charge in [0.2, 0.25) is 0 Å². The second-order valence-corrected chi connectivity index (χ2v) is 3.56. The molecule has 0 aromatic heterocycles. The average molecular weight is 216 g/mol. The Morgan fingerprint density at radius 1 is 1.27 bits per heavy atom. The van der Waals surface area contributed by atoms with E-state index in [-0.39, 0.29) is 6.03 Å². The SMILES string of the molecule is CCCCNC(=O)NCCC(C)C(=O)O. The molecule has 0 heterocycles. The van der Waals surface area contributed by atoms with Crippen molar-refractivity contribution in [2.24, 2.45) is 5.92 Å². The molecule has 0 aromatic rings. The van der Waals surface area contributed by atoms with E-state index in [0.717, 1.165) is 12.8 Å². The lowest BCUT2D eigenvalue weighted by molar-refractivity contribution is -0.141. The van der Waals surface area contributed by atoms with Gasteiger partial charge in [-0.2, -0.15) is 0 Å². The number of hydrogen-bond donors (Lipinski definition) is 3. The van der Waals surface area contributed by atoms with E-state index in [9.17, 15) is 9.59 Å². The first kappa shape index (κ1) is 13.7. The van der Waals surface area contributed by atoms with Crippen molar-refractivity contribution in [3.05, 3.63) is 0 Å². The van der Waals surface area contributed by atoms with Gasteiger partial charge in [0.15, 0.2) is 0 Å². The molecule has 0 saturated carbocycles. The number of unbranched alkanes of at least 4 members (excludes halogenated alkanes) is 1. The number of rotatable bonds is 7. The maximum absolute atomic E-state index is 11.1. The molecule has 5 heteroatoms. The molecule has 0 saturated heterocycles. The van der Waals surface area contributed by atoms with Crippen molar-refractivity contribution in [3.63, 3.8) is 0 Å². The number of nitrogens with one attached hydrogen (secondary N) is 2. The van der Waals surface area contributed by atoms with E-state index in [1.165, 1.54) is 0 Å². The smallest absolute Gasteiger partial charge is 0.314 e. The number of hydrogen-bond acceptors (Lipinski definition) is 2. The van der Waals surface area contributed by atoms with Gasteiger partial charge in [-0.3, -0.25) is 4.79 Å². The van der Waals surface area contributed by atoms with E-state index in [0.29, 0.717) is 19.5 Å². The topological polar surface area (TPSA) is 78.4 Å². The highest BCUT2D eigenvalue weighted by molar-refractivity contribution is 5.74. The summed E-state index contributed by atoms with van der Waals surface area (Å²) in [5.74, 6) is -1.25. The zero-order valence-corrected chi connectivity index (χ0v) is 9.38. The van der Waals surface area contributed by atoms with Crippen LogP contribution in [0.15, 0.2) is 0 Å². The molecule has 0 rings (SSSR count). The van der Waals surface area contributed by atoms with Crippen molar-refractivity contribution >= 4 is 12.0 Å². The molecule has 0 radical (unpaired) electrons. The number of carboxylic acids is 1. The molecule has 5 nitrogen and oxygen atoms in total. The number of urea groups is 1. The van der Waals surface area contributed by atoms with Gasteiger partial charge in [-0.15, -0.1) is 0 Å². The van der Waals surface area contributed by atoms with Crippen LogP contribution in [0.3, 0.4) is 0 Å². The molecule has 0 bridgehead atoms. The first-order valence-corrected chi connectivity index (χ1v) is 5.32. The highest BCUT2D eigenvalue weighted by Gasteiger charge is 2.10. The molecule has 0 spiro atoms. The summed E-state index contributed by atoms with van der Waals surface area (Å²) in [6, 6.07) is -0.221. The van der Waals surface area contributed by atoms with Crippen LogP contribution in [0.2, 0.25) is 0 Å². The van der Waals surface area contributed by atoms with Gasteiger partial charge in [-0.1, -0.05) is 20.3 Å². The first-order chi connectivity index (χ1) is 7.07. The van der Waals surface area contributed by atoms with Gasteiger partial charge < -0.3 is 15.7 Å². The Morgan fingerprint density at radius 2 is 1.87 bits per heavy atom. The number of aliphatic carboxylic acids is 1. The predicted octanol–water partition coefficient (Wildman–Crippen LogP) is 1.20. The van der Waals surface area contributed by atoms with Gasteiger partial charge in [0, 0.05) is 13.1 Å². The summed E-state index contributed by atoms with van der Waals surface area (Å²) in [7, 11) is 0. The van der Waals surface area contributed by atoms with Crippen LogP contribution in [-0.4, -0.2) is 30.2 Å². The monoisotopic (exact) mass is 216 g/mol. The van der Waals surface area contributed by atoms with Crippen molar-refractivity contribution < 1.29 is 14.7 Å². The summed E-state index contributed by atoms with van der Waals surface area (Å²) in [6.45, 7) is 4.73. The van der Waals surface area contributed by atoms with Gasteiger partial charge in [0.1, 0.15) is 0 Å². The lowest BCUT2D eigenvalue weighted by atomic mass is 10.1. The molecule has 1 unspecified atom stereocenters. The Balaban J connectivity index is 3.42. The highest BCUT2D eigenvalue weighted by atomic mass is 16.4. The third kappa shape index (κ3) is 7.78. The molecule has 3 N–H and O–H groups in total. The predicted molar refractivity (Wildman–Crippen MR) is 57.7 cm³/mol. The average Bonchev–Trinajstić information content (AvgIpc) is 2.18. The van der Waals surface area contributed by atoms with Gasteiger partial charge in [0.05, 0.1) is 5.92 Å². The van der Waals surface area contributed by atoms with E-state index in [1.54, 1.807) is 6.92 Å². The van der Waals surface area contributed by atoms with E-state index in [1.807, 2.05) is 6.92 Å². The summed E-state index contributed by atoms with van der Waals surface area (Å²) < 4.78 is 0. The van der Waals surface area contributed by atoms with Crippen LogP contribution in [0.5, 0.6) is 0 Å². The Hall–Kier alpha value is -1.26. The minimum atomic E-state index is -0.830. The quantitative estimate of drug-likeness (QED) is 0.559. The van der Waals surface area contributed by atoms with Crippen LogP contribution in [-0.2, 0) is 4.79 Å². The summed E-state index contributed by atoms with van der Waals surface area (Å²) in [6.07, 6.45) is 2.45. The molecule has 0 aliphatic carbocycles. The minimum Gasteiger partial charge on any atom is -0.481 e. The second-order valence-electron chi connectivity index (χ2n) is 3.56. The molecular formula is C10H20N2O3. The Labute approximate surface area is 90.2 Å². The molecular weight excluding hydrogens is 196 g/mol. The van der Waals surface area contributed by atoms with Crippen LogP contribution < -0.4 is 10.6 Å². The fourth-order valence-corrected chi connectivity index (χ4v) is 0.967. The van der Waals surface area contributed by atoms with Gasteiger partial charge >= 0.3 is 12.0 Å². The van der Waals surface area contributed by atoms with Crippen LogP contribution in [0.25, 0.3) is 0 Å². The standard InChI is InChI=1S/C10H20N2O3/c1-3-4-6-11-10(15)12-7-5-8(2)9(13)14/h8H,3-7H2,1-2H3,(H,13,14)(H2,11,12,15). The van der Waals surface area contributed by atoms with Crippen LogP contribution >= 0.6 is 0 Å². The highest BCUT2D eigenvalue weighted by Crippen LogP contribution is 1.99. The van der Waals surface area contributed by atoms with Crippen molar-refractivity contribution in [1.82, 2.24) is 10.6 Å². The van der Waals surface area contributed by atoms with Crippen LogP contribution in [0.1, 0.15) is 33.1 Å². The number of carboxylic acid groups (broad SMARTS) is 1. The fraction of sp³-hybridized carbons (Fsp3) is 0.800. The summed E-state index contributed by atoms with van der Waals surface area (Å²) in [4.78, 5) is 21.6. The first-order valence-electron chi connectivity index (χ1n) is 5.32. The third-order valence-electron chi connectivity index (χ3n) is 2.10. The Morgan fingerprint density at radius 3 is 2.40 bits per heavy atom. The maximum atomic E-state index is 11.1. The van der Waals surface area contributed by atoms with E-state index in [4.69, 9.17) is 5.11 Å². The Kier molecular flexibility index (Phi) is 7.40. The lowest BCUT2D eigenvalue weighted by Gasteiger charge is -2.08. The summed E-state index contributed by atoms with van der Waals surface area (Å²) >= 11 is 0. The maximum Gasteiger partial charge on any atom is 0.314 e. The molecule has 0 fully saturated rings. The molecule has 0 aliphatic heterocycles. The zero-order valence-electron chi connectivity index (χ0n) is 9.38. The van der Waals surface area contributed by atoms with E-state index in [2.05, 4.69) is 10.6 Å². The van der Waals surface area contributed by atoms with Crippen molar-refractivity contribution in [3.8, 4) is 0 Å². The van der Waals surface area contributed by atoms with E-state index >= 15 is 0 Å². The molecule has 88 valence electrons. The zero-order chi connectivity index (χ0) is 11.7. The number of amides is 2. The molecule has 2 amide bonds. The largest absolute Gasteiger partial charge is 0.481 e.